The van der Waals surface area contributed by atoms with Gasteiger partial charge in [-0.05, 0) is 59.6 Å². The summed E-state index contributed by atoms with van der Waals surface area (Å²) in [6.07, 6.45) is 5.16. The van der Waals surface area contributed by atoms with Crippen LogP contribution in [0.2, 0.25) is 0 Å². The molecule has 0 unspecified atom stereocenters. The highest BCUT2D eigenvalue weighted by Crippen LogP contribution is 2.31. The second-order valence-electron chi connectivity index (χ2n) is 5.98. The Hall–Kier alpha value is -2.80. The molecule has 0 fully saturated rings. The van der Waals surface area contributed by atoms with Gasteiger partial charge in [-0.2, -0.15) is 0 Å². The zero-order chi connectivity index (χ0) is 18.1. The largest absolute Gasteiger partial charge is 0.364 e. The van der Waals surface area contributed by atoms with Gasteiger partial charge in [0.2, 0.25) is 0 Å². The zero-order valence-corrected chi connectivity index (χ0v) is 16.0. The lowest BCUT2D eigenvalue weighted by molar-refractivity contribution is 0.962. The van der Waals surface area contributed by atoms with Crippen molar-refractivity contribution in [2.45, 2.75) is 20.4 Å². The Morgan fingerprint density at radius 3 is 2.65 bits per heavy atom. The lowest BCUT2D eigenvalue weighted by Crippen LogP contribution is -2.04. The van der Waals surface area contributed by atoms with Crippen LogP contribution in [0.3, 0.4) is 0 Å². The number of aryl methyl sites for hydroxylation is 1. The molecular formula is C19H17BrN6. The molecule has 4 aromatic rings. The number of nitrogens with one attached hydrogen (secondary N) is 1. The van der Waals surface area contributed by atoms with Gasteiger partial charge >= 0.3 is 0 Å². The van der Waals surface area contributed by atoms with Gasteiger partial charge < -0.3 is 5.32 Å². The second-order valence-corrected chi connectivity index (χ2v) is 6.89. The van der Waals surface area contributed by atoms with E-state index in [0.717, 1.165) is 44.1 Å². The van der Waals surface area contributed by atoms with E-state index in [0.29, 0.717) is 6.54 Å². The number of nitrogens with zero attached hydrogens (tertiary/aromatic N) is 5. The summed E-state index contributed by atoms with van der Waals surface area (Å²) < 4.78 is 3.00. The molecule has 4 heterocycles. The van der Waals surface area contributed by atoms with Crippen molar-refractivity contribution in [3.8, 4) is 5.82 Å². The first-order chi connectivity index (χ1) is 12.6. The second kappa shape index (κ2) is 6.84. The van der Waals surface area contributed by atoms with Gasteiger partial charge in [-0.25, -0.2) is 15.0 Å². The van der Waals surface area contributed by atoms with Crippen LogP contribution in [0.5, 0.6) is 0 Å². The molecule has 1 N–H and O–H groups in total. The van der Waals surface area contributed by atoms with E-state index in [9.17, 15) is 0 Å². The van der Waals surface area contributed by atoms with Crippen LogP contribution in [0.25, 0.3) is 16.9 Å². The van der Waals surface area contributed by atoms with Crippen LogP contribution in [-0.4, -0.2) is 24.5 Å². The van der Waals surface area contributed by atoms with E-state index in [1.165, 1.54) is 0 Å². The summed E-state index contributed by atoms with van der Waals surface area (Å²) in [6.45, 7) is 4.76. The molecular weight excluding hydrogens is 392 g/mol. The molecule has 26 heavy (non-hydrogen) atoms. The van der Waals surface area contributed by atoms with Crippen molar-refractivity contribution in [3.63, 3.8) is 0 Å². The van der Waals surface area contributed by atoms with Crippen molar-refractivity contribution >= 4 is 32.8 Å². The average Bonchev–Trinajstić information content (AvgIpc) is 2.93. The molecule has 0 aliphatic carbocycles. The molecule has 0 atom stereocenters. The molecule has 0 saturated carbocycles. The summed E-state index contributed by atoms with van der Waals surface area (Å²) in [6, 6.07) is 9.82. The monoisotopic (exact) mass is 408 g/mol. The van der Waals surface area contributed by atoms with Gasteiger partial charge in [0.05, 0.1) is 17.6 Å². The number of anilines is 1. The number of aromatic nitrogens is 5. The molecule has 0 amide bonds. The maximum atomic E-state index is 4.52. The summed E-state index contributed by atoms with van der Waals surface area (Å²) in [5, 5.41) is 4.40. The zero-order valence-electron chi connectivity index (χ0n) is 14.4. The maximum Gasteiger partial charge on any atom is 0.151 e. The fraction of sp³-hybridized carbons (Fsp3) is 0.158. The molecule has 0 aliphatic rings. The predicted octanol–water partition coefficient (Wildman–Crippen LogP) is 4.20. The summed E-state index contributed by atoms with van der Waals surface area (Å²) in [4.78, 5) is 17.8. The average molecular weight is 409 g/mol. The van der Waals surface area contributed by atoms with Crippen molar-refractivity contribution < 1.29 is 0 Å². The normalized spacial score (nSPS) is 11.0. The third kappa shape index (κ3) is 2.94. The Bertz CT molecular complexity index is 1060. The minimum Gasteiger partial charge on any atom is -0.364 e. The third-order valence-electron chi connectivity index (χ3n) is 4.40. The summed E-state index contributed by atoms with van der Waals surface area (Å²) >= 11 is 3.43. The lowest BCUT2D eigenvalue weighted by atomic mass is 10.2. The SMILES string of the molecule is Cc1c(C)n(-c2ccc(Br)cn2)c2ncnc(NCc3ccccn3)c12. The Morgan fingerprint density at radius 2 is 1.92 bits per heavy atom. The van der Waals surface area contributed by atoms with Crippen LogP contribution in [0.4, 0.5) is 5.82 Å². The van der Waals surface area contributed by atoms with Crippen molar-refractivity contribution in [3.05, 3.63) is 70.5 Å². The van der Waals surface area contributed by atoms with Gasteiger partial charge in [-0.1, -0.05) is 6.07 Å². The fourth-order valence-corrected chi connectivity index (χ4v) is 3.22. The van der Waals surface area contributed by atoms with Crippen molar-refractivity contribution in [1.82, 2.24) is 24.5 Å². The van der Waals surface area contributed by atoms with Gasteiger partial charge in [0, 0.05) is 22.6 Å². The van der Waals surface area contributed by atoms with Gasteiger partial charge in [0.25, 0.3) is 0 Å². The Kier molecular flexibility index (Phi) is 4.38. The van der Waals surface area contributed by atoms with E-state index in [4.69, 9.17) is 0 Å². The van der Waals surface area contributed by atoms with E-state index in [1.807, 2.05) is 30.3 Å². The van der Waals surface area contributed by atoms with Crippen LogP contribution in [0.15, 0.2) is 53.5 Å². The summed E-state index contributed by atoms with van der Waals surface area (Å²) in [5.41, 5.74) is 4.03. The minimum absolute atomic E-state index is 0.604. The Morgan fingerprint density at radius 1 is 1.04 bits per heavy atom. The number of rotatable bonds is 4. The van der Waals surface area contributed by atoms with Crippen molar-refractivity contribution in [2.24, 2.45) is 0 Å². The Labute approximate surface area is 159 Å². The number of pyridine rings is 2. The van der Waals surface area contributed by atoms with E-state index >= 15 is 0 Å². The van der Waals surface area contributed by atoms with Gasteiger partial charge in [-0.15, -0.1) is 0 Å². The molecule has 4 aromatic heterocycles. The fourth-order valence-electron chi connectivity index (χ4n) is 2.99. The Balaban J connectivity index is 1.79. The van der Waals surface area contributed by atoms with Crippen LogP contribution >= 0.6 is 15.9 Å². The first-order valence-electron chi connectivity index (χ1n) is 8.23. The first-order valence-corrected chi connectivity index (χ1v) is 9.03. The third-order valence-corrected chi connectivity index (χ3v) is 4.87. The number of hydrogen-bond donors (Lipinski definition) is 1. The molecule has 0 saturated heterocycles. The number of halogens is 1. The predicted molar refractivity (Wildman–Crippen MR) is 105 cm³/mol. The van der Waals surface area contributed by atoms with Crippen LogP contribution < -0.4 is 5.32 Å². The van der Waals surface area contributed by atoms with Crippen LogP contribution in [-0.2, 0) is 6.54 Å². The van der Waals surface area contributed by atoms with Crippen molar-refractivity contribution in [1.29, 1.82) is 0 Å². The molecule has 0 spiro atoms. The first kappa shape index (κ1) is 16.7. The van der Waals surface area contributed by atoms with Gasteiger partial charge in [-0.3, -0.25) is 9.55 Å². The number of fused-ring (bicyclic) bond motifs is 1. The van der Waals surface area contributed by atoms with E-state index in [1.54, 1.807) is 18.7 Å². The molecule has 6 nitrogen and oxygen atoms in total. The highest BCUT2D eigenvalue weighted by Gasteiger charge is 2.18. The minimum atomic E-state index is 0.604. The smallest absolute Gasteiger partial charge is 0.151 e. The topological polar surface area (TPSA) is 68.5 Å². The molecule has 4 rings (SSSR count). The molecule has 130 valence electrons. The summed E-state index contributed by atoms with van der Waals surface area (Å²) in [7, 11) is 0. The summed E-state index contributed by atoms with van der Waals surface area (Å²) in [5.74, 6) is 1.63. The highest BCUT2D eigenvalue weighted by molar-refractivity contribution is 9.10. The quantitative estimate of drug-likeness (QED) is 0.547. The molecule has 0 aliphatic heterocycles. The van der Waals surface area contributed by atoms with Gasteiger partial charge in [0.1, 0.15) is 18.0 Å². The maximum absolute atomic E-state index is 4.52. The van der Waals surface area contributed by atoms with E-state index in [-0.39, 0.29) is 0 Å². The number of hydrogen-bond acceptors (Lipinski definition) is 5. The molecule has 0 bridgehead atoms. The van der Waals surface area contributed by atoms with Gasteiger partial charge in [0.15, 0.2) is 5.65 Å². The molecule has 0 radical (unpaired) electrons. The van der Waals surface area contributed by atoms with Crippen LogP contribution in [0.1, 0.15) is 17.0 Å². The standard InChI is InChI=1S/C19H17BrN6/c1-12-13(2)26(16-7-6-14(20)9-22-16)19-17(12)18(24-11-25-19)23-10-15-5-3-4-8-21-15/h3-9,11H,10H2,1-2H3,(H,23,24,25). The molecule has 0 aromatic carbocycles. The van der Waals surface area contributed by atoms with Crippen molar-refractivity contribution in [2.75, 3.05) is 5.32 Å². The lowest BCUT2D eigenvalue weighted by Gasteiger charge is -2.08. The van der Waals surface area contributed by atoms with E-state index < -0.39 is 0 Å². The molecule has 7 heteroatoms. The van der Waals surface area contributed by atoms with E-state index in [2.05, 4.69) is 59.6 Å². The van der Waals surface area contributed by atoms with Crippen LogP contribution in [0, 0.1) is 13.8 Å². The highest BCUT2D eigenvalue weighted by atomic mass is 79.9.